The second-order valence-corrected chi connectivity index (χ2v) is 7.27. The maximum absolute atomic E-state index is 10.6. The molecule has 0 fully saturated rings. The second-order valence-electron chi connectivity index (χ2n) is 6.21. The first-order valence-corrected chi connectivity index (χ1v) is 10.1. The van der Waals surface area contributed by atoms with Crippen molar-refractivity contribution in [2.75, 3.05) is 5.75 Å². The van der Waals surface area contributed by atoms with Gasteiger partial charge in [0.05, 0.1) is 11.4 Å². The van der Waals surface area contributed by atoms with Crippen LogP contribution in [0.1, 0.15) is 25.7 Å². The van der Waals surface area contributed by atoms with Gasteiger partial charge in [0.2, 0.25) is 0 Å². The fraction of sp³-hybridized carbons (Fsp3) is 0.227. The third kappa shape index (κ3) is 5.93. The van der Waals surface area contributed by atoms with Gasteiger partial charge in [-0.25, -0.2) is 9.97 Å². The van der Waals surface area contributed by atoms with E-state index in [1.807, 2.05) is 42.5 Å². The van der Waals surface area contributed by atoms with Gasteiger partial charge >= 0.3 is 5.97 Å². The van der Waals surface area contributed by atoms with Crippen molar-refractivity contribution in [1.82, 2.24) is 9.97 Å². The summed E-state index contributed by atoms with van der Waals surface area (Å²) in [5.41, 5.74) is 3.97. The summed E-state index contributed by atoms with van der Waals surface area (Å²) in [6.45, 7) is 0. The van der Waals surface area contributed by atoms with Crippen molar-refractivity contribution in [3.05, 3.63) is 66.7 Å². The molecule has 2 aromatic carbocycles. The van der Waals surface area contributed by atoms with Crippen LogP contribution in [-0.4, -0.2) is 26.8 Å². The molecule has 3 aromatic rings. The Labute approximate surface area is 163 Å². The molecule has 138 valence electrons. The number of hydrogen-bond donors (Lipinski definition) is 1. The fourth-order valence-corrected chi connectivity index (χ4v) is 3.58. The Kier molecular flexibility index (Phi) is 6.99. The van der Waals surface area contributed by atoms with Crippen molar-refractivity contribution < 1.29 is 9.90 Å². The zero-order valence-corrected chi connectivity index (χ0v) is 15.9. The van der Waals surface area contributed by atoms with Gasteiger partial charge in [-0.15, -0.1) is 0 Å². The number of aromatic nitrogens is 2. The zero-order chi connectivity index (χ0) is 18.9. The number of carboxylic acid groups (broad SMARTS) is 1. The van der Waals surface area contributed by atoms with Gasteiger partial charge in [0.25, 0.3) is 0 Å². The fourth-order valence-electron chi connectivity index (χ4n) is 2.72. The van der Waals surface area contributed by atoms with Gasteiger partial charge in [-0.05, 0) is 18.9 Å². The molecule has 1 N–H and O–H groups in total. The van der Waals surface area contributed by atoms with Crippen molar-refractivity contribution in [3.8, 4) is 22.5 Å². The Balaban J connectivity index is 1.75. The third-order valence-corrected chi connectivity index (χ3v) is 5.04. The van der Waals surface area contributed by atoms with Crippen LogP contribution in [0.5, 0.6) is 0 Å². The highest BCUT2D eigenvalue weighted by Gasteiger charge is 2.09. The molecule has 4 nitrogen and oxygen atoms in total. The molecule has 1 aromatic heterocycles. The van der Waals surface area contributed by atoms with Gasteiger partial charge in [-0.2, -0.15) is 0 Å². The Bertz CT molecular complexity index is 812. The van der Waals surface area contributed by atoms with Crippen molar-refractivity contribution in [2.45, 2.75) is 30.8 Å². The minimum absolute atomic E-state index is 0.239. The summed E-state index contributed by atoms with van der Waals surface area (Å²) in [4.78, 5) is 20.0. The van der Waals surface area contributed by atoms with Crippen LogP contribution >= 0.6 is 11.8 Å². The molecule has 3 rings (SSSR count). The first-order chi connectivity index (χ1) is 13.2. The van der Waals surface area contributed by atoms with Gasteiger partial charge in [-0.3, -0.25) is 4.79 Å². The van der Waals surface area contributed by atoms with E-state index in [4.69, 9.17) is 15.1 Å². The van der Waals surface area contributed by atoms with Crippen LogP contribution in [0.2, 0.25) is 0 Å². The monoisotopic (exact) mass is 378 g/mol. The lowest BCUT2D eigenvalue weighted by atomic mass is 10.1. The summed E-state index contributed by atoms with van der Waals surface area (Å²) >= 11 is 1.63. The summed E-state index contributed by atoms with van der Waals surface area (Å²) in [5, 5.41) is 9.46. The Morgan fingerprint density at radius 3 is 1.89 bits per heavy atom. The topological polar surface area (TPSA) is 63.1 Å². The second kappa shape index (κ2) is 9.88. The molecule has 0 aliphatic rings. The first kappa shape index (κ1) is 19.1. The van der Waals surface area contributed by atoms with Crippen LogP contribution in [-0.2, 0) is 4.79 Å². The molecular formula is C22H22N2O2S. The van der Waals surface area contributed by atoms with Gasteiger partial charge in [0.15, 0.2) is 5.16 Å². The molecule has 0 saturated heterocycles. The molecule has 0 aliphatic carbocycles. The molecule has 0 saturated carbocycles. The molecule has 0 unspecified atom stereocenters. The van der Waals surface area contributed by atoms with E-state index in [0.717, 1.165) is 52.7 Å². The van der Waals surface area contributed by atoms with Crippen LogP contribution in [0.25, 0.3) is 22.5 Å². The van der Waals surface area contributed by atoms with Crippen molar-refractivity contribution in [3.63, 3.8) is 0 Å². The van der Waals surface area contributed by atoms with Crippen LogP contribution in [0.15, 0.2) is 71.9 Å². The SMILES string of the molecule is O=C(O)CCCCCSc1nc(-c2ccccc2)cc(-c2ccccc2)n1. The van der Waals surface area contributed by atoms with E-state index in [9.17, 15) is 4.79 Å². The highest BCUT2D eigenvalue weighted by molar-refractivity contribution is 7.99. The molecule has 0 aliphatic heterocycles. The molecule has 0 amide bonds. The molecule has 0 atom stereocenters. The van der Waals surface area contributed by atoms with E-state index in [1.54, 1.807) is 11.8 Å². The van der Waals surface area contributed by atoms with Crippen molar-refractivity contribution in [1.29, 1.82) is 0 Å². The Morgan fingerprint density at radius 2 is 1.37 bits per heavy atom. The standard InChI is InChI=1S/C22H22N2O2S/c25-21(26)14-8-3-9-15-27-22-23-19(17-10-4-1-5-11-17)16-20(24-22)18-12-6-2-7-13-18/h1-2,4-7,10-13,16H,3,8-9,14-15H2,(H,25,26). The number of carboxylic acids is 1. The highest BCUT2D eigenvalue weighted by atomic mass is 32.2. The summed E-state index contributed by atoms with van der Waals surface area (Å²) in [7, 11) is 0. The molecule has 0 radical (unpaired) electrons. The summed E-state index contributed by atoms with van der Waals surface area (Å²) < 4.78 is 0. The minimum atomic E-state index is -0.728. The van der Waals surface area contributed by atoms with Gasteiger partial charge < -0.3 is 5.11 Å². The lowest BCUT2D eigenvalue weighted by molar-refractivity contribution is -0.137. The third-order valence-electron chi connectivity index (χ3n) is 4.11. The van der Waals surface area contributed by atoms with E-state index in [2.05, 4.69) is 24.3 Å². The zero-order valence-electron chi connectivity index (χ0n) is 15.0. The number of nitrogens with zero attached hydrogens (tertiary/aromatic N) is 2. The average molecular weight is 378 g/mol. The number of hydrogen-bond acceptors (Lipinski definition) is 4. The Morgan fingerprint density at radius 1 is 0.815 bits per heavy atom. The molecule has 0 bridgehead atoms. The largest absolute Gasteiger partial charge is 0.481 e. The number of carbonyl (C=O) groups is 1. The summed E-state index contributed by atoms with van der Waals surface area (Å²) in [6, 6.07) is 22.3. The van der Waals surface area contributed by atoms with Gasteiger partial charge in [-0.1, -0.05) is 78.8 Å². The number of unbranched alkanes of at least 4 members (excludes halogenated alkanes) is 2. The van der Waals surface area contributed by atoms with Crippen LogP contribution in [0, 0.1) is 0 Å². The normalized spacial score (nSPS) is 10.7. The first-order valence-electron chi connectivity index (χ1n) is 9.07. The predicted octanol–water partition coefficient (Wildman–Crippen LogP) is 5.55. The van der Waals surface area contributed by atoms with Gasteiger partial charge in [0, 0.05) is 23.3 Å². The van der Waals surface area contributed by atoms with E-state index in [1.165, 1.54) is 0 Å². The van der Waals surface area contributed by atoms with Crippen LogP contribution in [0.3, 0.4) is 0 Å². The number of thioether (sulfide) groups is 1. The highest BCUT2D eigenvalue weighted by Crippen LogP contribution is 2.27. The van der Waals surface area contributed by atoms with Gasteiger partial charge in [0.1, 0.15) is 0 Å². The predicted molar refractivity (Wildman–Crippen MR) is 110 cm³/mol. The quantitative estimate of drug-likeness (QED) is 0.300. The van der Waals surface area contributed by atoms with E-state index in [-0.39, 0.29) is 6.42 Å². The van der Waals surface area contributed by atoms with Crippen molar-refractivity contribution >= 4 is 17.7 Å². The molecular weight excluding hydrogens is 356 g/mol. The smallest absolute Gasteiger partial charge is 0.303 e. The maximum Gasteiger partial charge on any atom is 0.303 e. The molecule has 0 spiro atoms. The van der Waals surface area contributed by atoms with Crippen LogP contribution in [0.4, 0.5) is 0 Å². The van der Waals surface area contributed by atoms with E-state index in [0.29, 0.717) is 0 Å². The summed E-state index contributed by atoms with van der Waals surface area (Å²) in [5.74, 6) is 0.153. The lowest BCUT2D eigenvalue weighted by Gasteiger charge is -2.08. The Hall–Kier alpha value is -2.66. The van der Waals surface area contributed by atoms with Crippen LogP contribution < -0.4 is 0 Å². The molecule has 27 heavy (non-hydrogen) atoms. The molecule has 5 heteroatoms. The molecule has 1 heterocycles. The minimum Gasteiger partial charge on any atom is -0.481 e. The average Bonchev–Trinajstić information content (AvgIpc) is 2.71. The number of rotatable bonds is 9. The van der Waals surface area contributed by atoms with Crippen molar-refractivity contribution in [2.24, 2.45) is 0 Å². The lowest BCUT2D eigenvalue weighted by Crippen LogP contribution is -1.96. The maximum atomic E-state index is 10.6. The number of benzene rings is 2. The number of aliphatic carboxylic acids is 1. The van der Waals surface area contributed by atoms with E-state index < -0.39 is 5.97 Å². The van der Waals surface area contributed by atoms with E-state index >= 15 is 0 Å². The summed E-state index contributed by atoms with van der Waals surface area (Å²) in [6.07, 6.45) is 2.82.